The number of pyridine rings is 1. The third kappa shape index (κ3) is 8.54. The standard InChI is InChI=1S/C21H37N3O4/c1-8-26-21(27-9-2,15-22-12-11-19(25)28-20(5,6)7)17-10-13-23-18(14-17)24-16(3)4/h10,13-14,16,22H,8-9,11-12,15H2,1-7H3,(H,23,24). The second-order valence-electron chi connectivity index (χ2n) is 7.86. The summed E-state index contributed by atoms with van der Waals surface area (Å²) in [5.41, 5.74) is 0.396. The number of nitrogens with zero attached hydrogens (tertiary/aromatic N) is 1. The first-order chi connectivity index (χ1) is 13.1. The number of hydrogen-bond acceptors (Lipinski definition) is 7. The van der Waals surface area contributed by atoms with Crippen molar-refractivity contribution in [1.82, 2.24) is 10.3 Å². The Labute approximate surface area is 169 Å². The fraction of sp³-hybridized carbons (Fsp3) is 0.714. The Morgan fingerprint density at radius 2 is 1.82 bits per heavy atom. The zero-order valence-corrected chi connectivity index (χ0v) is 18.4. The van der Waals surface area contributed by atoms with E-state index in [1.54, 1.807) is 6.20 Å². The third-order valence-corrected chi connectivity index (χ3v) is 3.67. The number of aromatic nitrogens is 1. The number of rotatable bonds is 12. The van der Waals surface area contributed by atoms with Crippen LogP contribution in [0.1, 0.15) is 60.5 Å². The molecule has 7 nitrogen and oxygen atoms in total. The number of hydrogen-bond donors (Lipinski definition) is 2. The van der Waals surface area contributed by atoms with Crippen LogP contribution >= 0.6 is 0 Å². The van der Waals surface area contributed by atoms with E-state index < -0.39 is 11.4 Å². The SMILES string of the molecule is CCOC(CNCCC(=O)OC(C)(C)C)(OCC)c1ccnc(NC(C)C)c1. The molecule has 0 spiro atoms. The molecule has 0 aliphatic heterocycles. The van der Waals surface area contributed by atoms with Gasteiger partial charge in [0.25, 0.3) is 0 Å². The molecule has 0 saturated heterocycles. The zero-order valence-electron chi connectivity index (χ0n) is 18.4. The molecule has 0 radical (unpaired) electrons. The molecule has 0 bridgehead atoms. The average Bonchev–Trinajstić information content (AvgIpc) is 2.57. The van der Waals surface area contributed by atoms with Gasteiger partial charge in [-0.25, -0.2) is 4.98 Å². The van der Waals surface area contributed by atoms with Gasteiger partial charge in [0, 0.05) is 37.6 Å². The highest BCUT2D eigenvalue weighted by Crippen LogP contribution is 2.28. The lowest BCUT2D eigenvalue weighted by molar-refractivity contribution is -0.239. The predicted molar refractivity (Wildman–Crippen MR) is 111 cm³/mol. The van der Waals surface area contributed by atoms with Gasteiger partial charge in [0.2, 0.25) is 5.79 Å². The van der Waals surface area contributed by atoms with Crippen LogP contribution in [0, 0.1) is 0 Å². The summed E-state index contributed by atoms with van der Waals surface area (Å²) in [5.74, 6) is -0.413. The molecule has 0 fully saturated rings. The van der Waals surface area contributed by atoms with Crippen molar-refractivity contribution in [3.63, 3.8) is 0 Å². The first-order valence-corrected chi connectivity index (χ1v) is 10.1. The van der Waals surface area contributed by atoms with Gasteiger partial charge in [-0.3, -0.25) is 4.79 Å². The molecule has 0 unspecified atom stereocenters. The second kappa shape index (κ2) is 11.3. The Balaban J connectivity index is 2.86. The predicted octanol–water partition coefficient (Wildman–Crippen LogP) is 3.45. The molecule has 0 aliphatic carbocycles. The molecule has 0 atom stereocenters. The highest BCUT2D eigenvalue weighted by atomic mass is 16.7. The summed E-state index contributed by atoms with van der Waals surface area (Å²) < 4.78 is 17.4. The van der Waals surface area contributed by atoms with Crippen LogP contribution < -0.4 is 10.6 Å². The lowest BCUT2D eigenvalue weighted by Gasteiger charge is -2.34. The summed E-state index contributed by atoms with van der Waals surface area (Å²) in [7, 11) is 0. The van der Waals surface area contributed by atoms with Gasteiger partial charge in [0.15, 0.2) is 0 Å². The van der Waals surface area contributed by atoms with Crippen LogP contribution in [-0.4, -0.2) is 48.9 Å². The van der Waals surface area contributed by atoms with E-state index in [4.69, 9.17) is 14.2 Å². The molecule has 28 heavy (non-hydrogen) atoms. The maximum atomic E-state index is 11.9. The molecule has 7 heteroatoms. The van der Waals surface area contributed by atoms with E-state index in [-0.39, 0.29) is 18.4 Å². The van der Waals surface area contributed by atoms with Gasteiger partial charge in [0.05, 0.1) is 13.0 Å². The molecule has 0 amide bonds. The Hall–Kier alpha value is -1.70. The number of esters is 1. The van der Waals surface area contributed by atoms with Gasteiger partial charge in [-0.2, -0.15) is 0 Å². The highest BCUT2D eigenvalue weighted by molar-refractivity contribution is 5.70. The maximum Gasteiger partial charge on any atom is 0.307 e. The lowest BCUT2D eigenvalue weighted by Crippen LogP contribution is -2.44. The van der Waals surface area contributed by atoms with Crippen molar-refractivity contribution >= 4 is 11.8 Å². The smallest absolute Gasteiger partial charge is 0.307 e. The molecule has 1 heterocycles. The fourth-order valence-electron chi connectivity index (χ4n) is 2.76. The highest BCUT2D eigenvalue weighted by Gasteiger charge is 2.34. The van der Waals surface area contributed by atoms with Gasteiger partial charge in [-0.15, -0.1) is 0 Å². The summed E-state index contributed by atoms with van der Waals surface area (Å²) >= 11 is 0. The lowest BCUT2D eigenvalue weighted by atomic mass is 10.1. The second-order valence-corrected chi connectivity index (χ2v) is 7.86. The average molecular weight is 396 g/mol. The van der Waals surface area contributed by atoms with Crippen molar-refractivity contribution in [2.75, 3.05) is 31.6 Å². The van der Waals surface area contributed by atoms with Crippen LogP contribution in [0.3, 0.4) is 0 Å². The van der Waals surface area contributed by atoms with Gasteiger partial charge in [-0.1, -0.05) is 0 Å². The van der Waals surface area contributed by atoms with E-state index in [2.05, 4.69) is 29.5 Å². The van der Waals surface area contributed by atoms with Crippen LogP contribution in [0.5, 0.6) is 0 Å². The van der Waals surface area contributed by atoms with E-state index >= 15 is 0 Å². The molecule has 0 saturated carbocycles. The number of anilines is 1. The summed E-state index contributed by atoms with van der Waals surface area (Å²) in [6, 6.07) is 4.11. The molecular weight excluding hydrogens is 358 g/mol. The summed E-state index contributed by atoms with van der Waals surface area (Å²) in [6.45, 7) is 15.4. The topological polar surface area (TPSA) is 81.7 Å². The van der Waals surface area contributed by atoms with E-state index in [1.165, 1.54) is 0 Å². The molecular formula is C21H37N3O4. The Kier molecular flexibility index (Phi) is 9.85. The minimum absolute atomic E-state index is 0.231. The Morgan fingerprint density at radius 1 is 1.18 bits per heavy atom. The van der Waals surface area contributed by atoms with E-state index in [1.807, 2.05) is 46.8 Å². The fourth-order valence-corrected chi connectivity index (χ4v) is 2.76. The van der Waals surface area contributed by atoms with E-state index in [0.29, 0.717) is 26.3 Å². The summed E-state index contributed by atoms with van der Waals surface area (Å²) in [6.07, 6.45) is 2.02. The van der Waals surface area contributed by atoms with Gasteiger partial charge < -0.3 is 24.8 Å². The number of ether oxygens (including phenoxy) is 3. The molecule has 1 aromatic rings. The van der Waals surface area contributed by atoms with Crippen molar-refractivity contribution in [3.8, 4) is 0 Å². The third-order valence-electron chi connectivity index (χ3n) is 3.67. The minimum Gasteiger partial charge on any atom is -0.460 e. The van der Waals surface area contributed by atoms with Crippen molar-refractivity contribution in [2.24, 2.45) is 0 Å². The normalized spacial score (nSPS) is 12.3. The molecule has 1 rings (SSSR count). The largest absolute Gasteiger partial charge is 0.460 e. The molecule has 1 aromatic heterocycles. The van der Waals surface area contributed by atoms with Gasteiger partial charge in [-0.05, 0) is 60.6 Å². The van der Waals surface area contributed by atoms with Crippen molar-refractivity contribution < 1.29 is 19.0 Å². The molecule has 0 aliphatic rings. The summed E-state index contributed by atoms with van der Waals surface area (Å²) in [5, 5.41) is 6.58. The van der Waals surface area contributed by atoms with Crippen molar-refractivity contribution in [3.05, 3.63) is 23.9 Å². The number of carbonyl (C=O) groups is 1. The molecule has 160 valence electrons. The maximum absolute atomic E-state index is 11.9. The first kappa shape index (κ1) is 24.3. The van der Waals surface area contributed by atoms with Crippen molar-refractivity contribution in [2.45, 2.75) is 72.3 Å². The van der Waals surface area contributed by atoms with E-state index in [9.17, 15) is 4.79 Å². The van der Waals surface area contributed by atoms with Crippen LogP contribution in [0.2, 0.25) is 0 Å². The van der Waals surface area contributed by atoms with Gasteiger partial charge in [0.1, 0.15) is 11.4 Å². The minimum atomic E-state index is -0.951. The van der Waals surface area contributed by atoms with Crippen molar-refractivity contribution in [1.29, 1.82) is 0 Å². The Bertz CT molecular complexity index is 594. The van der Waals surface area contributed by atoms with Crippen LogP contribution in [-0.2, 0) is 24.8 Å². The summed E-state index contributed by atoms with van der Waals surface area (Å²) in [4.78, 5) is 16.3. The van der Waals surface area contributed by atoms with Gasteiger partial charge >= 0.3 is 5.97 Å². The molecule has 0 aromatic carbocycles. The van der Waals surface area contributed by atoms with Crippen LogP contribution in [0.4, 0.5) is 5.82 Å². The molecule has 2 N–H and O–H groups in total. The monoisotopic (exact) mass is 395 g/mol. The quantitative estimate of drug-likeness (QED) is 0.319. The van der Waals surface area contributed by atoms with Crippen LogP contribution in [0.15, 0.2) is 18.3 Å². The zero-order chi connectivity index (χ0) is 21.2. The van der Waals surface area contributed by atoms with Crippen LogP contribution in [0.25, 0.3) is 0 Å². The van der Waals surface area contributed by atoms with E-state index in [0.717, 1.165) is 11.4 Å². The first-order valence-electron chi connectivity index (χ1n) is 10.1. The Morgan fingerprint density at radius 3 is 2.36 bits per heavy atom. The number of carbonyl (C=O) groups excluding carboxylic acids is 1. The number of nitrogens with one attached hydrogen (secondary N) is 2.